The highest BCUT2D eigenvalue weighted by Crippen LogP contribution is 2.74. The van der Waals surface area contributed by atoms with E-state index in [0.29, 0.717) is 97.4 Å². The SMILES string of the molecule is CC[C@H]1CC[C@@H]2[C@@H](CCCO)[C@H]3C4(CCCC4)CC[C@]34c3cc(c5c(c3)O[C@@]3(CNC)C[C@@H](CC#CO5)[C@@H](C[C@@]5(O)CC[C@@H]6CCC[C@@H]6O5)C3)NC(=NC)NC#CC[C@@H]3CCC[C@@]3(Cc3ccc(O)c(OC)c3)C(=O)/C=C/[C@@H]4[C@H]2C1. The summed E-state index contributed by atoms with van der Waals surface area (Å²) in [7, 11) is 5.37. The van der Waals surface area contributed by atoms with Gasteiger partial charge < -0.3 is 44.9 Å². The number of aliphatic hydroxyl groups excluding tert-OH is 1. The topological polar surface area (TPSA) is 163 Å². The molecule has 7 aliphatic carbocycles. The van der Waals surface area contributed by atoms with Crippen molar-refractivity contribution in [1.29, 1.82) is 0 Å². The van der Waals surface area contributed by atoms with E-state index in [-0.39, 0.29) is 53.3 Å². The lowest BCUT2D eigenvalue weighted by Crippen LogP contribution is -2.58. The summed E-state index contributed by atoms with van der Waals surface area (Å²) in [6.45, 7) is 3.16. The van der Waals surface area contributed by atoms with E-state index in [2.05, 4.69) is 71.2 Å². The standard InChI is InChI=1S/C68H92N4O8/c1-5-44-19-21-51-52(17-11-33-73)62-64(26-6-7-27-64)30-31-68(62)50-37-55(61-59(38-50)79-65(43-69-2)40-47(14-12-34-78-61)48(41-65)42-67(76)29-25-46-13-8-18-57(46)80-67)72-63(70-3)71-32-10-16-49-15-9-28-66(49,60(75)24-22-54(68)53(51)35-44)39-45-20-23-56(74)58(36-45)77-4/h20,22-24,36-38,44,46-49,51-54,57,62,69,73-74,76H,5-9,11,13-19,21,25-31,33,35,39-43H2,1-4H3,(H2,70,71,72)/b24-22+/t44-,46-,47+,48+,49-,51+,52+,53-,54+,57-,62-,65-,66-,67+,68+/m0/s1. The largest absolute Gasteiger partial charge is 0.504 e. The molecule has 0 unspecified atom stereocenters. The highest BCUT2D eigenvalue weighted by Gasteiger charge is 2.68. The Hall–Kier alpha value is -4.72. The number of fused-ring (bicyclic) bond motifs is 11. The Bertz CT molecular complexity index is 2800. The maximum absolute atomic E-state index is 16.1. The zero-order valence-corrected chi connectivity index (χ0v) is 48.5. The van der Waals surface area contributed by atoms with Gasteiger partial charge in [0.1, 0.15) is 11.7 Å². The van der Waals surface area contributed by atoms with E-state index >= 15 is 4.79 Å². The molecule has 8 fully saturated rings. The first kappa shape index (κ1) is 55.8. The number of allylic oxidation sites excluding steroid dienone is 2. The second-order valence-corrected chi connectivity index (χ2v) is 27.3. The first-order chi connectivity index (χ1) is 38.9. The Morgan fingerprint density at radius 3 is 2.61 bits per heavy atom. The van der Waals surface area contributed by atoms with Crippen molar-refractivity contribution in [2.45, 2.75) is 197 Å². The maximum atomic E-state index is 16.1. The van der Waals surface area contributed by atoms with Crippen LogP contribution in [0.4, 0.5) is 5.69 Å². The molecule has 6 N–H and O–H groups in total. The minimum atomic E-state index is -1.17. The van der Waals surface area contributed by atoms with Gasteiger partial charge in [-0.25, -0.2) is 0 Å². The average Bonchev–Trinajstić information content (AvgIpc) is 4.40. The van der Waals surface area contributed by atoms with Gasteiger partial charge in [0.25, 0.3) is 0 Å². The number of likely N-dealkylation sites (N-methyl/N-ethyl adjacent to an activating group) is 1. The van der Waals surface area contributed by atoms with Gasteiger partial charge >= 0.3 is 0 Å². The van der Waals surface area contributed by atoms with Crippen LogP contribution in [0.5, 0.6) is 23.0 Å². The Morgan fingerprint density at radius 1 is 0.925 bits per heavy atom. The Kier molecular flexibility index (Phi) is 15.9. The van der Waals surface area contributed by atoms with Gasteiger partial charge in [0.05, 0.1) is 18.9 Å². The monoisotopic (exact) mass is 1090 g/mol. The Labute approximate surface area is 477 Å². The normalized spacial score (nSPS) is 39.5. The molecule has 0 aromatic heterocycles. The molecule has 432 valence electrons. The predicted octanol–water partition coefficient (Wildman–Crippen LogP) is 11.7. The summed E-state index contributed by atoms with van der Waals surface area (Å²) >= 11 is 0. The van der Waals surface area contributed by atoms with Gasteiger partial charge in [-0.2, -0.15) is 0 Å². The second-order valence-electron chi connectivity index (χ2n) is 27.3. The molecular weight excluding hydrogens is 1000 g/mol. The molecule has 0 amide bonds. The van der Waals surface area contributed by atoms with Crippen LogP contribution in [0.15, 0.2) is 47.5 Å². The number of aliphatic hydroxyl groups is 2. The molecule has 7 saturated carbocycles. The number of anilines is 1. The van der Waals surface area contributed by atoms with Gasteiger partial charge in [-0.1, -0.05) is 69.4 Å². The first-order valence-corrected chi connectivity index (χ1v) is 31.6. The van der Waals surface area contributed by atoms with Crippen molar-refractivity contribution in [1.82, 2.24) is 10.6 Å². The third-order valence-electron chi connectivity index (χ3n) is 23.4. The lowest BCUT2D eigenvalue weighted by molar-refractivity contribution is -0.271. The molecule has 15 atom stereocenters. The zero-order valence-electron chi connectivity index (χ0n) is 48.5. The molecule has 4 bridgehead atoms. The van der Waals surface area contributed by atoms with Crippen LogP contribution in [0.3, 0.4) is 0 Å². The first-order valence-electron chi connectivity index (χ1n) is 31.6. The van der Waals surface area contributed by atoms with E-state index < -0.39 is 22.2 Å². The number of guanidine groups is 1. The summed E-state index contributed by atoms with van der Waals surface area (Å²) in [5.41, 5.74) is 1.29. The molecule has 2 aromatic rings. The number of carbonyl (C=O) groups is 1. The molecule has 10 aliphatic rings. The number of carbonyl (C=O) groups excluding carboxylic acids is 1. The number of ether oxygens (including phenoxy) is 4. The van der Waals surface area contributed by atoms with E-state index in [4.69, 9.17) is 23.9 Å². The van der Waals surface area contributed by atoms with E-state index in [1.54, 1.807) is 20.2 Å². The molecule has 80 heavy (non-hydrogen) atoms. The average molecular weight is 1090 g/mol. The number of nitrogens with zero attached hydrogens (tertiary/aromatic N) is 1. The van der Waals surface area contributed by atoms with Crippen LogP contribution in [0.1, 0.15) is 179 Å². The third-order valence-corrected chi connectivity index (χ3v) is 23.4. The molecule has 2 aromatic carbocycles. The van der Waals surface area contributed by atoms with E-state index in [9.17, 15) is 15.3 Å². The van der Waals surface area contributed by atoms with Gasteiger partial charge in [0.15, 0.2) is 28.8 Å². The van der Waals surface area contributed by atoms with Gasteiger partial charge in [0.2, 0.25) is 11.7 Å². The highest BCUT2D eigenvalue weighted by atomic mass is 16.6. The number of phenols is 1. The van der Waals surface area contributed by atoms with Crippen molar-refractivity contribution in [2.75, 3.05) is 39.7 Å². The minimum Gasteiger partial charge on any atom is -0.504 e. The lowest BCUT2D eigenvalue weighted by atomic mass is 9.42. The van der Waals surface area contributed by atoms with Crippen LogP contribution in [0, 0.1) is 94.0 Å². The molecule has 0 radical (unpaired) electrons. The molecule has 3 aliphatic heterocycles. The van der Waals surface area contributed by atoms with Crippen LogP contribution in [-0.2, 0) is 21.4 Å². The molecular formula is C68H92N4O8. The fourth-order valence-electron chi connectivity index (χ4n) is 20.0. The van der Waals surface area contributed by atoms with Gasteiger partial charge in [-0.3, -0.25) is 15.1 Å². The number of benzene rings is 2. The number of aliphatic imine (C=N–C) groups is 1. The lowest BCUT2D eigenvalue weighted by Gasteiger charge is -2.62. The number of hydrogen-bond donors (Lipinski definition) is 6. The van der Waals surface area contributed by atoms with Crippen molar-refractivity contribution in [2.24, 2.45) is 75.0 Å². The number of nitrogens with one attached hydrogen (secondary N) is 3. The maximum Gasteiger partial charge on any atom is 0.207 e. The number of phenolic OH excluding ortho intramolecular Hbond substituents is 1. The summed E-state index contributed by atoms with van der Waals surface area (Å²) in [6, 6.07) is 13.5. The van der Waals surface area contributed by atoms with Gasteiger partial charge in [-0.05, 0) is 216 Å². The van der Waals surface area contributed by atoms with Crippen LogP contribution >= 0.6 is 0 Å². The zero-order chi connectivity index (χ0) is 55.3. The molecule has 12 rings (SSSR count). The fraction of sp³-hybridized carbons (Fsp3) is 0.706. The summed E-state index contributed by atoms with van der Waals surface area (Å²) in [6.07, 6.45) is 32.6. The van der Waals surface area contributed by atoms with Crippen LogP contribution in [0.25, 0.3) is 0 Å². The van der Waals surface area contributed by atoms with Crippen LogP contribution in [-0.4, -0.2) is 78.9 Å². The van der Waals surface area contributed by atoms with E-state index in [0.717, 1.165) is 94.7 Å². The third kappa shape index (κ3) is 10.0. The summed E-state index contributed by atoms with van der Waals surface area (Å²) in [5.74, 6) is 11.1. The Balaban J connectivity index is 1.04. The smallest absolute Gasteiger partial charge is 0.207 e. The number of rotatable bonds is 11. The van der Waals surface area contributed by atoms with E-state index in [1.807, 2.05) is 19.2 Å². The van der Waals surface area contributed by atoms with Crippen LogP contribution < -0.4 is 30.2 Å². The summed E-state index contributed by atoms with van der Waals surface area (Å²) < 4.78 is 26.9. The molecule has 12 heteroatoms. The quantitative estimate of drug-likeness (QED) is 0.119. The van der Waals surface area contributed by atoms with Crippen molar-refractivity contribution in [3.63, 3.8) is 0 Å². The van der Waals surface area contributed by atoms with Crippen LogP contribution in [0.2, 0.25) is 0 Å². The Morgan fingerprint density at radius 2 is 1.80 bits per heavy atom. The number of methoxy groups -OCH3 is 1. The van der Waals surface area contributed by atoms with Crippen molar-refractivity contribution >= 4 is 17.4 Å². The minimum absolute atomic E-state index is 0.00902. The fourth-order valence-corrected chi connectivity index (χ4v) is 20.0. The molecule has 1 saturated heterocycles. The summed E-state index contributed by atoms with van der Waals surface area (Å²) in [5, 5.41) is 44.5. The highest BCUT2D eigenvalue weighted by molar-refractivity contribution is 5.97. The number of ketones is 1. The predicted molar refractivity (Wildman–Crippen MR) is 312 cm³/mol. The number of hydrogen-bond acceptors (Lipinski definition) is 10. The molecule has 3 heterocycles. The molecule has 2 spiro atoms. The van der Waals surface area contributed by atoms with Crippen molar-refractivity contribution in [3.05, 3.63) is 53.6 Å². The number of aromatic hydroxyl groups is 1. The second kappa shape index (κ2) is 22.8. The van der Waals surface area contributed by atoms with Crippen molar-refractivity contribution in [3.8, 4) is 47.0 Å². The molecule has 12 nitrogen and oxygen atoms in total. The van der Waals surface area contributed by atoms with Gasteiger partial charge in [-0.15, -0.1) is 0 Å². The van der Waals surface area contributed by atoms with Gasteiger partial charge in [0, 0.05) is 62.8 Å². The van der Waals surface area contributed by atoms with E-state index in [1.165, 1.54) is 56.9 Å². The van der Waals surface area contributed by atoms with Crippen molar-refractivity contribution < 1.29 is 39.1 Å². The summed E-state index contributed by atoms with van der Waals surface area (Å²) in [4.78, 5) is 20.8.